The number of para-hydroxylation sites is 3. The van der Waals surface area contributed by atoms with Crippen LogP contribution in [0.15, 0.2) is 279 Å². The fourth-order valence-electron chi connectivity index (χ4n) is 11.9. The van der Waals surface area contributed by atoms with Crippen molar-refractivity contribution in [2.45, 2.75) is 19.3 Å². The molecule has 12 aromatic carbocycles. The average molecular weight is 957 g/mol. The molecule has 0 amide bonds. The lowest BCUT2D eigenvalue weighted by Crippen LogP contribution is -2.14. The third kappa shape index (κ3) is 7.65. The quantitative estimate of drug-likeness (QED) is 0.140. The van der Waals surface area contributed by atoms with Gasteiger partial charge >= 0.3 is 0 Å². The summed E-state index contributed by atoms with van der Waals surface area (Å²) in [6.07, 6.45) is 0. The molecule has 0 spiro atoms. The maximum absolute atomic E-state index is 2.42. The lowest BCUT2D eigenvalue weighted by Gasteiger charge is -2.26. The molecule has 0 N–H and O–H groups in total. The van der Waals surface area contributed by atoms with Crippen LogP contribution in [-0.2, 0) is 5.41 Å². The SMILES string of the molecule is CC1(C)c2ccccc2-c2ccc(-c3ccc(N(c4ccc(-c5ccc(-c6cccc(-c7ccc8ccccc8c7)c6)cc5)cc4)c4ccc(-c5ccccc5-n5c6ccccc6c6ccccc65)cc4)cc3)cc21. The maximum Gasteiger partial charge on any atom is 0.0541 e. The zero-order valence-corrected chi connectivity index (χ0v) is 42.0. The number of aromatic nitrogens is 1. The summed E-state index contributed by atoms with van der Waals surface area (Å²) in [6.45, 7) is 4.70. The minimum atomic E-state index is -0.0616. The lowest BCUT2D eigenvalue weighted by molar-refractivity contribution is 0.660. The highest BCUT2D eigenvalue weighted by Crippen LogP contribution is 2.50. The second kappa shape index (κ2) is 17.9. The molecule has 0 radical (unpaired) electrons. The van der Waals surface area contributed by atoms with E-state index in [1.165, 1.54) is 105 Å². The molecule has 0 saturated heterocycles. The molecular formula is C73H52N2. The first kappa shape index (κ1) is 44.2. The summed E-state index contributed by atoms with van der Waals surface area (Å²) in [4.78, 5) is 2.38. The van der Waals surface area contributed by atoms with Crippen LogP contribution in [0.1, 0.15) is 25.0 Å². The van der Waals surface area contributed by atoms with Crippen LogP contribution in [-0.4, -0.2) is 4.57 Å². The number of nitrogens with zero attached hydrogens (tertiary/aromatic N) is 2. The molecule has 1 heterocycles. The van der Waals surface area contributed by atoms with Gasteiger partial charge in [-0.3, -0.25) is 0 Å². The molecule has 2 heteroatoms. The van der Waals surface area contributed by atoms with Crippen molar-refractivity contribution in [1.29, 1.82) is 0 Å². The van der Waals surface area contributed by atoms with Gasteiger partial charge in [0.2, 0.25) is 0 Å². The first-order chi connectivity index (χ1) is 36.9. The van der Waals surface area contributed by atoms with Gasteiger partial charge in [-0.25, -0.2) is 0 Å². The second-order valence-corrected chi connectivity index (χ2v) is 20.5. The van der Waals surface area contributed by atoms with E-state index in [2.05, 4.69) is 302 Å². The van der Waals surface area contributed by atoms with Crippen LogP contribution in [0.25, 0.3) is 105 Å². The second-order valence-electron chi connectivity index (χ2n) is 20.5. The van der Waals surface area contributed by atoms with Gasteiger partial charge in [0.1, 0.15) is 0 Å². The molecule has 354 valence electrons. The Morgan fingerprint density at radius 3 is 1.35 bits per heavy atom. The average Bonchev–Trinajstić information content (AvgIpc) is 3.99. The van der Waals surface area contributed by atoms with E-state index in [0.717, 1.165) is 28.3 Å². The zero-order chi connectivity index (χ0) is 50.0. The Hall–Kier alpha value is -9.50. The highest BCUT2D eigenvalue weighted by Gasteiger charge is 2.35. The smallest absolute Gasteiger partial charge is 0.0541 e. The standard InChI is InChI=1S/C73H52N2/c1-73(2)68-22-9-5-19-64(68)65-45-38-59(48-69(65)73)53-34-41-61(42-35-53)74(62-43-36-54(37-44-62)63-18-6-10-23-70(63)75-71-24-11-7-20-66(71)67-21-8-12-25-72(67)75)60-39-32-51(33-40-60)50-26-28-52(29-27-50)56-16-13-17-57(46-56)58-31-30-49-14-3-4-15-55(49)47-58/h3-48H,1-2H3. The van der Waals surface area contributed by atoms with Gasteiger partial charge in [-0.05, 0) is 156 Å². The number of hydrogen-bond donors (Lipinski definition) is 0. The Balaban J connectivity index is 0.801. The van der Waals surface area contributed by atoms with Crippen molar-refractivity contribution < 1.29 is 0 Å². The van der Waals surface area contributed by atoms with Crippen molar-refractivity contribution in [2.24, 2.45) is 0 Å². The van der Waals surface area contributed by atoms with Crippen LogP contribution in [0.5, 0.6) is 0 Å². The number of rotatable bonds is 9. The molecule has 0 unspecified atom stereocenters. The highest BCUT2D eigenvalue weighted by molar-refractivity contribution is 6.09. The van der Waals surface area contributed by atoms with Crippen LogP contribution in [0.2, 0.25) is 0 Å². The fraction of sp³-hybridized carbons (Fsp3) is 0.0411. The molecule has 2 nitrogen and oxygen atoms in total. The summed E-state index contributed by atoms with van der Waals surface area (Å²) in [5.74, 6) is 0. The molecule has 1 aliphatic carbocycles. The van der Waals surface area contributed by atoms with E-state index in [9.17, 15) is 0 Å². The van der Waals surface area contributed by atoms with E-state index in [0.29, 0.717) is 0 Å². The van der Waals surface area contributed by atoms with E-state index >= 15 is 0 Å². The van der Waals surface area contributed by atoms with Gasteiger partial charge in [0.05, 0.1) is 16.7 Å². The molecule has 1 aromatic heterocycles. The van der Waals surface area contributed by atoms with E-state index in [1.54, 1.807) is 0 Å². The van der Waals surface area contributed by atoms with Crippen molar-refractivity contribution in [3.63, 3.8) is 0 Å². The molecule has 14 rings (SSSR count). The summed E-state index contributed by atoms with van der Waals surface area (Å²) in [5, 5.41) is 5.03. The van der Waals surface area contributed by atoms with E-state index in [4.69, 9.17) is 0 Å². The lowest BCUT2D eigenvalue weighted by atomic mass is 9.81. The summed E-state index contributed by atoms with van der Waals surface area (Å²) in [6, 6.07) is 103. The third-order valence-corrected chi connectivity index (χ3v) is 15.8. The topological polar surface area (TPSA) is 8.17 Å². The molecule has 0 saturated carbocycles. The van der Waals surface area contributed by atoms with Crippen LogP contribution in [0.3, 0.4) is 0 Å². The number of fused-ring (bicyclic) bond motifs is 7. The molecule has 0 fully saturated rings. The fourth-order valence-corrected chi connectivity index (χ4v) is 11.9. The van der Waals surface area contributed by atoms with Gasteiger partial charge in [-0.15, -0.1) is 0 Å². The van der Waals surface area contributed by atoms with Crippen molar-refractivity contribution in [1.82, 2.24) is 4.57 Å². The largest absolute Gasteiger partial charge is 0.311 e. The summed E-state index contributed by atoms with van der Waals surface area (Å²) in [7, 11) is 0. The molecule has 0 aliphatic heterocycles. The number of hydrogen-bond acceptors (Lipinski definition) is 1. The summed E-state index contributed by atoms with van der Waals surface area (Å²) < 4.78 is 2.42. The molecule has 1 aliphatic rings. The van der Waals surface area contributed by atoms with Gasteiger partial charge in [0, 0.05) is 38.8 Å². The first-order valence-corrected chi connectivity index (χ1v) is 26.1. The molecule has 0 bridgehead atoms. The summed E-state index contributed by atoms with van der Waals surface area (Å²) in [5.41, 5.74) is 24.2. The molecule has 13 aromatic rings. The predicted octanol–water partition coefficient (Wildman–Crippen LogP) is 20.0. The Morgan fingerprint density at radius 2 is 0.707 bits per heavy atom. The van der Waals surface area contributed by atoms with Crippen LogP contribution in [0.4, 0.5) is 17.1 Å². The predicted molar refractivity (Wildman–Crippen MR) is 318 cm³/mol. The van der Waals surface area contributed by atoms with Crippen LogP contribution in [0, 0.1) is 0 Å². The first-order valence-electron chi connectivity index (χ1n) is 26.1. The summed E-state index contributed by atoms with van der Waals surface area (Å²) >= 11 is 0. The van der Waals surface area contributed by atoms with Crippen molar-refractivity contribution in [3.05, 3.63) is 290 Å². The van der Waals surface area contributed by atoms with E-state index in [-0.39, 0.29) is 5.41 Å². The monoisotopic (exact) mass is 956 g/mol. The molecule has 75 heavy (non-hydrogen) atoms. The van der Waals surface area contributed by atoms with Gasteiger partial charge < -0.3 is 9.47 Å². The Kier molecular flexibility index (Phi) is 10.6. The molecular weight excluding hydrogens is 905 g/mol. The van der Waals surface area contributed by atoms with Crippen molar-refractivity contribution >= 4 is 49.6 Å². The minimum absolute atomic E-state index is 0.0616. The Bertz CT molecular complexity index is 4240. The third-order valence-electron chi connectivity index (χ3n) is 15.8. The van der Waals surface area contributed by atoms with Gasteiger partial charge in [-0.1, -0.05) is 220 Å². The normalized spacial score (nSPS) is 12.5. The maximum atomic E-state index is 2.42. The van der Waals surface area contributed by atoms with Gasteiger partial charge in [0.15, 0.2) is 0 Å². The number of benzene rings is 12. The Morgan fingerprint density at radius 1 is 0.280 bits per heavy atom. The van der Waals surface area contributed by atoms with E-state index < -0.39 is 0 Å². The van der Waals surface area contributed by atoms with Gasteiger partial charge in [0.25, 0.3) is 0 Å². The van der Waals surface area contributed by atoms with Crippen molar-refractivity contribution in [2.75, 3.05) is 4.90 Å². The zero-order valence-electron chi connectivity index (χ0n) is 42.0. The van der Waals surface area contributed by atoms with Gasteiger partial charge in [-0.2, -0.15) is 0 Å². The van der Waals surface area contributed by atoms with Crippen molar-refractivity contribution in [3.8, 4) is 72.4 Å². The minimum Gasteiger partial charge on any atom is -0.311 e. The highest BCUT2D eigenvalue weighted by atomic mass is 15.1. The molecule has 0 atom stereocenters. The van der Waals surface area contributed by atoms with Crippen LogP contribution >= 0.6 is 0 Å². The Labute approximate surface area is 438 Å². The van der Waals surface area contributed by atoms with E-state index in [1.807, 2.05) is 0 Å². The van der Waals surface area contributed by atoms with Crippen LogP contribution < -0.4 is 4.90 Å². The number of anilines is 3.